The van der Waals surface area contributed by atoms with E-state index in [1.165, 1.54) is 18.4 Å². The zero-order valence-electron chi connectivity index (χ0n) is 19.7. The average molecular weight is 433 g/mol. The molecule has 32 heavy (non-hydrogen) atoms. The Balaban J connectivity index is 1.68. The Kier molecular flexibility index (Phi) is 6.26. The van der Waals surface area contributed by atoms with Crippen molar-refractivity contribution in [2.24, 2.45) is 0 Å². The lowest BCUT2D eigenvalue weighted by Crippen LogP contribution is -2.10. The molecular weight excluding hydrogens is 400 g/mol. The SMILES string of the molecule is CCOc1c(/C(C)=C/C(=O)Nc2ccc(N(C)C)cc2)cc2c3c(oc2c1C)CCCC3. The Hall–Kier alpha value is -3.21. The quantitative estimate of drug-likeness (QED) is 0.476. The molecule has 5 heteroatoms. The molecule has 1 heterocycles. The number of nitrogens with zero attached hydrogens (tertiary/aromatic N) is 1. The van der Waals surface area contributed by atoms with Crippen molar-refractivity contribution in [3.8, 4) is 5.75 Å². The van der Waals surface area contributed by atoms with Gasteiger partial charge in [0.1, 0.15) is 17.1 Å². The van der Waals surface area contributed by atoms with E-state index >= 15 is 0 Å². The predicted molar refractivity (Wildman–Crippen MR) is 132 cm³/mol. The molecule has 168 valence electrons. The lowest BCUT2D eigenvalue weighted by Gasteiger charge is -2.15. The van der Waals surface area contributed by atoms with Crippen LogP contribution in [-0.2, 0) is 17.6 Å². The summed E-state index contributed by atoms with van der Waals surface area (Å²) in [5.41, 5.74) is 6.91. The fourth-order valence-electron chi connectivity index (χ4n) is 4.46. The number of allylic oxidation sites excluding steroid dienone is 1. The fourth-order valence-corrected chi connectivity index (χ4v) is 4.46. The first-order chi connectivity index (χ1) is 15.4. The third-order valence-corrected chi connectivity index (χ3v) is 6.14. The monoisotopic (exact) mass is 432 g/mol. The van der Waals surface area contributed by atoms with Gasteiger partial charge in [0.25, 0.3) is 0 Å². The standard InChI is InChI=1S/C27H32N2O3/c1-6-31-26-18(3)27-23(21-9-7-8-10-24(21)32-27)16-22(26)17(2)15-25(30)28-19-11-13-20(14-12-19)29(4)5/h11-16H,6-10H2,1-5H3,(H,28,30)/b17-15+. The number of ether oxygens (including phenoxy) is 1. The van der Waals surface area contributed by atoms with Gasteiger partial charge in [-0.25, -0.2) is 0 Å². The average Bonchev–Trinajstić information content (AvgIpc) is 3.15. The van der Waals surface area contributed by atoms with Crippen molar-refractivity contribution in [3.05, 3.63) is 58.9 Å². The van der Waals surface area contributed by atoms with E-state index in [2.05, 4.69) is 11.4 Å². The largest absolute Gasteiger partial charge is 0.493 e. The first kappa shape index (κ1) is 22.0. The van der Waals surface area contributed by atoms with E-state index in [0.717, 1.165) is 63.4 Å². The van der Waals surface area contributed by atoms with Crippen LogP contribution in [0.4, 0.5) is 11.4 Å². The first-order valence-electron chi connectivity index (χ1n) is 11.4. The van der Waals surface area contributed by atoms with Crippen LogP contribution < -0.4 is 15.0 Å². The summed E-state index contributed by atoms with van der Waals surface area (Å²) >= 11 is 0. The first-order valence-corrected chi connectivity index (χ1v) is 11.4. The van der Waals surface area contributed by atoms with Gasteiger partial charge in [0, 0.05) is 60.0 Å². The Bertz CT molecular complexity index is 1170. The van der Waals surface area contributed by atoms with Gasteiger partial charge in [0.2, 0.25) is 5.91 Å². The molecule has 0 aliphatic heterocycles. The van der Waals surface area contributed by atoms with Gasteiger partial charge in [-0.15, -0.1) is 0 Å². The van der Waals surface area contributed by atoms with Crippen LogP contribution in [0.15, 0.2) is 40.8 Å². The molecule has 3 aromatic rings. The number of anilines is 2. The number of nitrogens with one attached hydrogen (secondary N) is 1. The molecule has 5 nitrogen and oxygen atoms in total. The van der Waals surface area contributed by atoms with Gasteiger partial charge in [-0.05, 0) is 75.9 Å². The molecule has 4 rings (SSSR count). The van der Waals surface area contributed by atoms with Gasteiger partial charge in [-0.2, -0.15) is 0 Å². The highest BCUT2D eigenvalue weighted by Gasteiger charge is 2.23. The zero-order valence-corrected chi connectivity index (χ0v) is 19.7. The molecule has 0 unspecified atom stereocenters. The number of hydrogen-bond donors (Lipinski definition) is 1. The maximum Gasteiger partial charge on any atom is 0.248 e. The molecule has 1 N–H and O–H groups in total. The summed E-state index contributed by atoms with van der Waals surface area (Å²) in [6.07, 6.45) is 6.04. The van der Waals surface area contributed by atoms with E-state index in [0.29, 0.717) is 6.61 Å². The number of amides is 1. The number of carbonyl (C=O) groups is 1. The second-order valence-electron chi connectivity index (χ2n) is 8.66. The van der Waals surface area contributed by atoms with E-state index in [1.807, 2.05) is 64.0 Å². The van der Waals surface area contributed by atoms with Crippen molar-refractivity contribution in [1.82, 2.24) is 0 Å². The molecule has 0 saturated heterocycles. The maximum absolute atomic E-state index is 12.8. The molecule has 1 aromatic heterocycles. The third-order valence-electron chi connectivity index (χ3n) is 6.14. The van der Waals surface area contributed by atoms with Crippen LogP contribution >= 0.6 is 0 Å². The normalized spacial score (nSPS) is 13.7. The van der Waals surface area contributed by atoms with Crippen LogP contribution in [-0.4, -0.2) is 26.6 Å². The van der Waals surface area contributed by atoms with Crippen LogP contribution in [0.5, 0.6) is 5.75 Å². The smallest absolute Gasteiger partial charge is 0.248 e. The van der Waals surface area contributed by atoms with E-state index in [4.69, 9.17) is 9.15 Å². The van der Waals surface area contributed by atoms with Crippen molar-refractivity contribution >= 4 is 33.8 Å². The van der Waals surface area contributed by atoms with Gasteiger partial charge < -0.3 is 19.4 Å². The molecule has 0 bridgehead atoms. The Morgan fingerprint density at radius 2 is 1.91 bits per heavy atom. The van der Waals surface area contributed by atoms with Crippen molar-refractivity contribution in [2.75, 3.05) is 30.9 Å². The summed E-state index contributed by atoms with van der Waals surface area (Å²) < 4.78 is 12.3. The van der Waals surface area contributed by atoms with Gasteiger partial charge >= 0.3 is 0 Å². The molecule has 0 radical (unpaired) electrons. The lowest BCUT2D eigenvalue weighted by atomic mass is 9.93. The number of hydrogen-bond acceptors (Lipinski definition) is 4. The Morgan fingerprint density at radius 3 is 2.59 bits per heavy atom. The van der Waals surface area contributed by atoms with Gasteiger partial charge in [-0.1, -0.05) is 0 Å². The van der Waals surface area contributed by atoms with Gasteiger partial charge in [0.05, 0.1) is 6.61 Å². The minimum absolute atomic E-state index is 0.158. The highest BCUT2D eigenvalue weighted by molar-refractivity contribution is 6.05. The number of benzene rings is 2. The highest BCUT2D eigenvalue weighted by Crippen LogP contribution is 2.41. The summed E-state index contributed by atoms with van der Waals surface area (Å²) in [7, 11) is 3.98. The van der Waals surface area contributed by atoms with Crippen molar-refractivity contribution in [3.63, 3.8) is 0 Å². The predicted octanol–water partition coefficient (Wildman–Crippen LogP) is 6.13. The van der Waals surface area contributed by atoms with E-state index in [-0.39, 0.29) is 5.91 Å². The van der Waals surface area contributed by atoms with Gasteiger partial charge in [-0.3, -0.25) is 4.79 Å². The van der Waals surface area contributed by atoms with E-state index < -0.39 is 0 Å². The summed E-state index contributed by atoms with van der Waals surface area (Å²) in [4.78, 5) is 14.8. The van der Waals surface area contributed by atoms with Crippen LogP contribution in [0, 0.1) is 6.92 Å². The Labute approximate surface area is 190 Å². The minimum Gasteiger partial charge on any atom is -0.493 e. The molecule has 0 fully saturated rings. The maximum atomic E-state index is 12.8. The highest BCUT2D eigenvalue weighted by atomic mass is 16.5. The third kappa shape index (κ3) is 4.24. The van der Waals surface area contributed by atoms with Crippen molar-refractivity contribution in [2.45, 2.75) is 46.5 Å². The second kappa shape index (κ2) is 9.11. The number of furan rings is 1. The Morgan fingerprint density at radius 1 is 1.19 bits per heavy atom. The molecule has 0 saturated carbocycles. The van der Waals surface area contributed by atoms with Crippen LogP contribution in [0.25, 0.3) is 16.5 Å². The summed E-state index contributed by atoms with van der Waals surface area (Å²) in [6, 6.07) is 9.94. The molecular formula is C27H32N2O3. The van der Waals surface area contributed by atoms with E-state index in [9.17, 15) is 4.79 Å². The summed E-state index contributed by atoms with van der Waals surface area (Å²) in [5.74, 6) is 1.74. The second-order valence-corrected chi connectivity index (χ2v) is 8.66. The molecule has 1 amide bonds. The summed E-state index contributed by atoms with van der Waals surface area (Å²) in [5, 5.41) is 4.12. The number of rotatable bonds is 6. The molecule has 1 aliphatic carbocycles. The van der Waals surface area contributed by atoms with Crippen LogP contribution in [0.3, 0.4) is 0 Å². The van der Waals surface area contributed by atoms with Crippen molar-refractivity contribution in [1.29, 1.82) is 0 Å². The van der Waals surface area contributed by atoms with Crippen molar-refractivity contribution < 1.29 is 13.9 Å². The minimum atomic E-state index is -0.158. The van der Waals surface area contributed by atoms with Crippen LogP contribution in [0.1, 0.15) is 49.1 Å². The number of fused-ring (bicyclic) bond motifs is 3. The molecule has 1 aliphatic rings. The van der Waals surface area contributed by atoms with E-state index in [1.54, 1.807) is 6.08 Å². The topological polar surface area (TPSA) is 54.7 Å². The molecule has 2 aromatic carbocycles. The fraction of sp³-hybridized carbons (Fsp3) is 0.370. The number of aryl methyl sites for hydroxylation is 3. The molecule has 0 spiro atoms. The molecule has 0 atom stereocenters. The van der Waals surface area contributed by atoms with Crippen LogP contribution in [0.2, 0.25) is 0 Å². The number of carbonyl (C=O) groups excluding carboxylic acids is 1. The van der Waals surface area contributed by atoms with Gasteiger partial charge in [0.15, 0.2) is 0 Å². The zero-order chi connectivity index (χ0) is 22.8. The summed E-state index contributed by atoms with van der Waals surface area (Å²) in [6.45, 7) is 6.54. The lowest BCUT2D eigenvalue weighted by molar-refractivity contribution is -0.111.